The molecule has 4 rings (SSSR count). The molecule has 0 radical (unpaired) electrons. The van der Waals surface area contributed by atoms with Gasteiger partial charge in [-0.2, -0.15) is 13.2 Å². The second kappa shape index (κ2) is 9.20. The summed E-state index contributed by atoms with van der Waals surface area (Å²) < 4.78 is 42.0. The highest BCUT2D eigenvalue weighted by molar-refractivity contribution is 7.15. The van der Waals surface area contributed by atoms with Crippen LogP contribution in [0.4, 0.5) is 24.0 Å². The number of hydrogen-bond acceptors (Lipinski definition) is 6. The summed E-state index contributed by atoms with van der Waals surface area (Å²) in [6.45, 7) is 0.974. The van der Waals surface area contributed by atoms with Crippen molar-refractivity contribution >= 4 is 68.2 Å². The summed E-state index contributed by atoms with van der Waals surface area (Å²) in [6, 6.07) is 8.63. The van der Waals surface area contributed by atoms with Crippen molar-refractivity contribution in [3.05, 3.63) is 62.8 Å². The van der Waals surface area contributed by atoms with Crippen LogP contribution < -0.4 is 10.6 Å². The predicted molar refractivity (Wildman–Crippen MR) is 122 cm³/mol. The summed E-state index contributed by atoms with van der Waals surface area (Å²) in [6.07, 6.45) is -4.87. The lowest BCUT2D eigenvalue weighted by Crippen LogP contribution is -2.23. The molecule has 34 heavy (non-hydrogen) atoms. The molecule has 0 saturated heterocycles. The minimum atomic E-state index is -4.87. The van der Waals surface area contributed by atoms with Gasteiger partial charge in [0.05, 0.1) is 26.8 Å². The van der Waals surface area contributed by atoms with Crippen LogP contribution in [0.2, 0.25) is 10.0 Å². The SMILES string of the molecule is Cc1nnc(NC(=O)Cn2c(C(F)(F)F)nc3c(NC(=O)c4c(Cl)cccc4Cl)cccc32)s1. The van der Waals surface area contributed by atoms with E-state index in [0.29, 0.717) is 5.01 Å². The molecule has 4 aromatic rings. The van der Waals surface area contributed by atoms with Crippen LogP contribution in [0.15, 0.2) is 36.4 Å². The number of halogens is 5. The number of aryl methyl sites for hydroxylation is 1. The van der Waals surface area contributed by atoms with E-state index < -0.39 is 30.4 Å². The molecule has 2 aromatic carbocycles. The van der Waals surface area contributed by atoms with Crippen molar-refractivity contribution in [2.24, 2.45) is 0 Å². The van der Waals surface area contributed by atoms with Gasteiger partial charge in [0, 0.05) is 0 Å². The summed E-state index contributed by atoms with van der Waals surface area (Å²) in [5, 5.41) is 13.3. The Morgan fingerprint density at radius 2 is 1.74 bits per heavy atom. The van der Waals surface area contributed by atoms with Crippen molar-refractivity contribution in [1.82, 2.24) is 19.7 Å². The molecule has 0 bridgehead atoms. The fourth-order valence-electron chi connectivity index (χ4n) is 3.17. The lowest BCUT2D eigenvalue weighted by Gasteiger charge is -2.11. The molecule has 0 saturated carbocycles. The first-order valence-electron chi connectivity index (χ1n) is 9.46. The lowest BCUT2D eigenvalue weighted by molar-refractivity contribution is -0.147. The van der Waals surface area contributed by atoms with E-state index in [1.807, 2.05) is 0 Å². The number of nitrogens with zero attached hydrogens (tertiary/aromatic N) is 4. The summed E-state index contributed by atoms with van der Waals surface area (Å²) in [5.74, 6) is -2.78. The Bertz CT molecular complexity index is 1400. The maximum Gasteiger partial charge on any atom is 0.449 e. The minimum absolute atomic E-state index is 0.0112. The maximum atomic E-state index is 13.8. The molecule has 14 heteroatoms. The van der Waals surface area contributed by atoms with Gasteiger partial charge in [-0.05, 0) is 31.2 Å². The van der Waals surface area contributed by atoms with Gasteiger partial charge in [-0.15, -0.1) is 10.2 Å². The molecule has 176 valence electrons. The monoisotopic (exact) mass is 528 g/mol. The topological polar surface area (TPSA) is 102 Å². The molecule has 8 nitrogen and oxygen atoms in total. The van der Waals surface area contributed by atoms with Crippen LogP contribution in [0.3, 0.4) is 0 Å². The zero-order chi connectivity index (χ0) is 24.6. The van der Waals surface area contributed by atoms with Crippen molar-refractivity contribution < 1.29 is 22.8 Å². The van der Waals surface area contributed by atoms with Crippen LogP contribution in [0.1, 0.15) is 21.2 Å². The van der Waals surface area contributed by atoms with Crippen molar-refractivity contribution in [3.8, 4) is 0 Å². The second-order valence-electron chi connectivity index (χ2n) is 6.92. The fraction of sp³-hybridized carbons (Fsp3) is 0.150. The number of imidazole rings is 1. The molecule has 2 aromatic heterocycles. The van der Waals surface area contributed by atoms with Gasteiger partial charge in [-0.25, -0.2) is 4.98 Å². The Morgan fingerprint density at radius 1 is 1.06 bits per heavy atom. The number of para-hydroxylation sites is 1. The van der Waals surface area contributed by atoms with Gasteiger partial charge in [0.1, 0.15) is 17.1 Å². The van der Waals surface area contributed by atoms with Gasteiger partial charge in [0.25, 0.3) is 5.91 Å². The third-order valence-electron chi connectivity index (χ3n) is 4.54. The van der Waals surface area contributed by atoms with Crippen LogP contribution in [0.5, 0.6) is 0 Å². The van der Waals surface area contributed by atoms with Crippen molar-refractivity contribution in [1.29, 1.82) is 0 Å². The molecule has 0 fully saturated rings. The van der Waals surface area contributed by atoms with Crippen molar-refractivity contribution in [2.75, 3.05) is 10.6 Å². The third-order valence-corrected chi connectivity index (χ3v) is 5.93. The summed E-state index contributed by atoms with van der Waals surface area (Å²) in [7, 11) is 0. The molecule has 0 unspecified atom stereocenters. The molecule has 0 aliphatic rings. The van der Waals surface area contributed by atoms with E-state index in [0.717, 1.165) is 15.9 Å². The van der Waals surface area contributed by atoms with E-state index in [1.54, 1.807) is 13.0 Å². The van der Waals surface area contributed by atoms with Crippen LogP contribution in [0, 0.1) is 6.92 Å². The fourth-order valence-corrected chi connectivity index (χ4v) is 4.35. The number of hydrogen-bond donors (Lipinski definition) is 2. The van der Waals surface area contributed by atoms with Gasteiger partial charge in [-0.3, -0.25) is 14.9 Å². The number of rotatable bonds is 5. The molecular weight excluding hydrogens is 516 g/mol. The number of carbonyl (C=O) groups is 2. The number of carbonyl (C=O) groups excluding carboxylic acids is 2. The first-order valence-corrected chi connectivity index (χ1v) is 11.0. The number of anilines is 2. The first-order chi connectivity index (χ1) is 16.0. The number of alkyl halides is 3. The van der Waals surface area contributed by atoms with Gasteiger partial charge in [0.2, 0.25) is 16.9 Å². The molecule has 0 aliphatic heterocycles. The smallest absolute Gasteiger partial charge is 0.320 e. The third kappa shape index (κ3) is 4.83. The van der Waals surface area contributed by atoms with Gasteiger partial charge in [0.15, 0.2) is 0 Å². The summed E-state index contributed by atoms with van der Waals surface area (Å²) in [5.41, 5.74) is -0.224. The molecular formula is C20H13Cl2F3N6O2S. The number of nitrogens with one attached hydrogen (secondary N) is 2. The first kappa shape index (κ1) is 23.9. The zero-order valence-electron chi connectivity index (χ0n) is 17.1. The average Bonchev–Trinajstić information content (AvgIpc) is 3.32. The Balaban J connectivity index is 1.71. The van der Waals surface area contributed by atoms with E-state index in [2.05, 4.69) is 25.8 Å². The Morgan fingerprint density at radius 3 is 2.35 bits per heavy atom. The number of amides is 2. The van der Waals surface area contributed by atoms with Crippen LogP contribution >= 0.6 is 34.5 Å². The number of aromatic nitrogens is 4. The normalized spacial score (nSPS) is 11.6. The van der Waals surface area contributed by atoms with Gasteiger partial charge >= 0.3 is 6.18 Å². The standard InChI is InChI=1S/C20H13Cl2F3N6O2S/c1-9-29-30-19(34-9)27-14(32)8-31-13-7-3-6-12(16(13)28-18(31)20(23,24)25)26-17(33)15-10(21)4-2-5-11(15)22/h2-7H,8H2,1H3,(H,26,33)(H,27,30,32). The minimum Gasteiger partial charge on any atom is -0.320 e. The highest BCUT2D eigenvalue weighted by atomic mass is 35.5. The quantitative estimate of drug-likeness (QED) is 0.360. The Kier molecular flexibility index (Phi) is 6.47. The van der Waals surface area contributed by atoms with E-state index in [4.69, 9.17) is 23.2 Å². The maximum absolute atomic E-state index is 13.8. The number of benzene rings is 2. The van der Waals surface area contributed by atoms with Gasteiger partial charge in [-0.1, -0.05) is 46.7 Å². The van der Waals surface area contributed by atoms with Crippen LogP contribution in [-0.2, 0) is 17.5 Å². The molecule has 0 atom stereocenters. The summed E-state index contributed by atoms with van der Waals surface area (Å²) in [4.78, 5) is 28.9. The van der Waals surface area contributed by atoms with E-state index in [9.17, 15) is 22.8 Å². The Labute approximate surface area is 203 Å². The zero-order valence-corrected chi connectivity index (χ0v) is 19.4. The number of fused-ring (bicyclic) bond motifs is 1. The van der Waals surface area contributed by atoms with E-state index in [-0.39, 0.29) is 37.5 Å². The van der Waals surface area contributed by atoms with Crippen molar-refractivity contribution in [3.63, 3.8) is 0 Å². The molecule has 0 aliphatic carbocycles. The van der Waals surface area contributed by atoms with Crippen LogP contribution in [-0.4, -0.2) is 31.6 Å². The highest BCUT2D eigenvalue weighted by Gasteiger charge is 2.38. The highest BCUT2D eigenvalue weighted by Crippen LogP contribution is 2.34. The van der Waals surface area contributed by atoms with Gasteiger partial charge < -0.3 is 9.88 Å². The van der Waals surface area contributed by atoms with Crippen molar-refractivity contribution in [2.45, 2.75) is 19.6 Å². The lowest BCUT2D eigenvalue weighted by atomic mass is 10.2. The molecule has 2 heterocycles. The predicted octanol–water partition coefficient (Wildman–Crippen LogP) is 5.41. The Hall–Kier alpha value is -3.22. The largest absolute Gasteiger partial charge is 0.449 e. The summed E-state index contributed by atoms with van der Waals surface area (Å²) >= 11 is 13.2. The molecule has 2 N–H and O–H groups in total. The van der Waals surface area contributed by atoms with E-state index >= 15 is 0 Å². The second-order valence-corrected chi connectivity index (χ2v) is 8.91. The van der Waals surface area contributed by atoms with Crippen LogP contribution in [0.25, 0.3) is 11.0 Å². The average molecular weight is 529 g/mol. The molecule has 0 spiro atoms. The molecule has 2 amide bonds. The van der Waals surface area contributed by atoms with E-state index in [1.165, 1.54) is 30.3 Å².